The van der Waals surface area contributed by atoms with Crippen LogP contribution in [-0.2, 0) is 0 Å². The molecule has 0 bridgehead atoms. The Balaban J connectivity index is 2.41. The molecule has 0 radical (unpaired) electrons. The van der Waals surface area contributed by atoms with E-state index in [0.717, 1.165) is 0 Å². The second-order valence-electron chi connectivity index (χ2n) is 4.02. The second kappa shape index (κ2) is 6.00. The van der Waals surface area contributed by atoms with Crippen LogP contribution >= 0.6 is 0 Å². The Morgan fingerprint density at radius 3 is 2.38 bits per heavy atom. The third-order valence-electron chi connectivity index (χ3n) is 2.79. The number of aromatic carboxylic acids is 1. The Kier molecular flexibility index (Phi) is 4.13. The van der Waals surface area contributed by atoms with Crippen LogP contribution in [-0.4, -0.2) is 31.2 Å². The van der Waals surface area contributed by atoms with Crippen molar-refractivity contribution in [3.63, 3.8) is 0 Å². The molecule has 2 rings (SSSR count). The van der Waals surface area contributed by atoms with Crippen molar-refractivity contribution in [1.29, 1.82) is 0 Å². The molecule has 1 aromatic heterocycles. The Hall–Kier alpha value is -2.96. The Morgan fingerprint density at radius 2 is 1.86 bits per heavy atom. The van der Waals surface area contributed by atoms with Crippen molar-refractivity contribution in [2.45, 2.75) is 0 Å². The summed E-state index contributed by atoms with van der Waals surface area (Å²) in [6.45, 7) is 0. The van der Waals surface area contributed by atoms with E-state index in [0.29, 0.717) is 5.75 Å². The van der Waals surface area contributed by atoms with E-state index >= 15 is 0 Å². The van der Waals surface area contributed by atoms with Gasteiger partial charge in [0.05, 0.1) is 37.3 Å². The summed E-state index contributed by atoms with van der Waals surface area (Å²) in [5.74, 6) is -1.11. The van der Waals surface area contributed by atoms with E-state index in [1.54, 1.807) is 0 Å². The van der Waals surface area contributed by atoms with Crippen LogP contribution in [0.2, 0.25) is 0 Å². The van der Waals surface area contributed by atoms with Gasteiger partial charge in [-0.15, -0.1) is 0 Å². The van der Waals surface area contributed by atoms with Gasteiger partial charge in [0, 0.05) is 12.1 Å². The maximum atomic E-state index is 12.0. The molecule has 1 aromatic carbocycles. The highest BCUT2D eigenvalue weighted by Crippen LogP contribution is 2.33. The van der Waals surface area contributed by atoms with Gasteiger partial charge in [-0.3, -0.25) is 4.79 Å². The minimum Gasteiger partial charge on any atom is -0.493 e. The molecule has 21 heavy (non-hydrogen) atoms. The summed E-state index contributed by atoms with van der Waals surface area (Å²) >= 11 is 0. The number of hydrogen-bond acceptors (Lipinski definition) is 5. The number of anilines is 1. The van der Waals surface area contributed by atoms with Crippen molar-refractivity contribution in [2.24, 2.45) is 0 Å². The number of furan rings is 1. The van der Waals surface area contributed by atoms with Crippen LogP contribution in [0.15, 0.2) is 35.1 Å². The SMILES string of the molecule is COc1cc(NC(=O)c2ccoc2)c(C(=O)O)cc1OC. The number of carboxylic acids is 1. The lowest BCUT2D eigenvalue weighted by Gasteiger charge is -2.13. The largest absolute Gasteiger partial charge is 0.493 e. The van der Waals surface area contributed by atoms with Gasteiger partial charge in [0.1, 0.15) is 6.26 Å². The number of ether oxygens (including phenoxy) is 2. The van der Waals surface area contributed by atoms with Crippen molar-refractivity contribution < 1.29 is 28.6 Å². The summed E-state index contributed by atoms with van der Waals surface area (Å²) in [7, 11) is 2.81. The highest BCUT2D eigenvalue weighted by atomic mass is 16.5. The number of amides is 1. The lowest BCUT2D eigenvalue weighted by atomic mass is 10.1. The second-order valence-corrected chi connectivity index (χ2v) is 4.02. The predicted octanol–water partition coefficient (Wildman–Crippen LogP) is 2.25. The van der Waals surface area contributed by atoms with Crippen LogP contribution in [0.5, 0.6) is 11.5 Å². The van der Waals surface area contributed by atoms with Gasteiger partial charge in [-0.05, 0) is 6.07 Å². The Bertz CT molecular complexity index is 662. The topological polar surface area (TPSA) is 98.0 Å². The van der Waals surface area contributed by atoms with Crippen LogP contribution in [0.3, 0.4) is 0 Å². The summed E-state index contributed by atoms with van der Waals surface area (Å²) in [6, 6.07) is 4.14. The monoisotopic (exact) mass is 291 g/mol. The van der Waals surface area contributed by atoms with Crippen LogP contribution in [0.4, 0.5) is 5.69 Å². The zero-order valence-corrected chi connectivity index (χ0v) is 11.4. The first-order valence-electron chi connectivity index (χ1n) is 5.89. The van der Waals surface area contributed by atoms with Crippen LogP contribution in [0.25, 0.3) is 0 Å². The lowest BCUT2D eigenvalue weighted by molar-refractivity contribution is 0.0697. The van der Waals surface area contributed by atoms with Crippen molar-refractivity contribution in [2.75, 3.05) is 19.5 Å². The number of rotatable bonds is 5. The first-order chi connectivity index (χ1) is 10.1. The van der Waals surface area contributed by atoms with Crippen molar-refractivity contribution in [3.8, 4) is 11.5 Å². The smallest absolute Gasteiger partial charge is 0.337 e. The summed E-state index contributed by atoms with van der Waals surface area (Å²) in [4.78, 5) is 23.3. The molecule has 0 unspecified atom stereocenters. The molecular weight excluding hydrogens is 278 g/mol. The van der Waals surface area contributed by atoms with Gasteiger partial charge in [0.15, 0.2) is 11.5 Å². The fourth-order valence-electron chi connectivity index (χ4n) is 1.75. The van der Waals surface area contributed by atoms with E-state index in [9.17, 15) is 14.7 Å². The lowest BCUT2D eigenvalue weighted by Crippen LogP contribution is -2.14. The summed E-state index contributed by atoms with van der Waals surface area (Å²) < 4.78 is 14.9. The highest BCUT2D eigenvalue weighted by molar-refractivity contribution is 6.08. The first-order valence-corrected chi connectivity index (χ1v) is 5.89. The molecule has 0 aliphatic carbocycles. The van der Waals surface area contributed by atoms with Gasteiger partial charge in [-0.25, -0.2) is 4.79 Å². The minimum atomic E-state index is -1.20. The maximum absolute atomic E-state index is 12.0. The third kappa shape index (κ3) is 2.97. The summed E-state index contributed by atoms with van der Waals surface area (Å²) in [5, 5.41) is 11.7. The zero-order valence-electron chi connectivity index (χ0n) is 11.4. The third-order valence-corrected chi connectivity index (χ3v) is 2.79. The number of carbonyl (C=O) groups excluding carboxylic acids is 1. The van der Waals surface area contributed by atoms with Gasteiger partial charge >= 0.3 is 5.97 Å². The molecule has 0 fully saturated rings. The van der Waals surface area contributed by atoms with E-state index < -0.39 is 11.9 Å². The molecule has 0 aliphatic heterocycles. The molecule has 0 saturated heterocycles. The van der Waals surface area contributed by atoms with Gasteiger partial charge < -0.3 is 24.3 Å². The molecule has 1 amide bonds. The highest BCUT2D eigenvalue weighted by Gasteiger charge is 2.18. The van der Waals surface area contributed by atoms with E-state index in [1.807, 2.05) is 0 Å². The molecule has 0 atom stereocenters. The zero-order chi connectivity index (χ0) is 15.4. The van der Waals surface area contributed by atoms with Crippen molar-refractivity contribution >= 4 is 17.6 Å². The van der Waals surface area contributed by atoms with Gasteiger partial charge in [-0.2, -0.15) is 0 Å². The first kappa shape index (κ1) is 14.4. The van der Waals surface area contributed by atoms with E-state index in [1.165, 1.54) is 44.9 Å². The number of benzene rings is 1. The molecule has 2 N–H and O–H groups in total. The quantitative estimate of drug-likeness (QED) is 0.876. The van der Waals surface area contributed by atoms with E-state index in [-0.39, 0.29) is 22.6 Å². The molecular formula is C14H13NO6. The van der Waals surface area contributed by atoms with Crippen LogP contribution in [0, 0.1) is 0 Å². The van der Waals surface area contributed by atoms with E-state index in [2.05, 4.69) is 5.32 Å². The average Bonchev–Trinajstić information content (AvgIpc) is 3.00. The number of carboxylic acid groups (broad SMARTS) is 1. The molecule has 2 aromatic rings. The number of nitrogens with one attached hydrogen (secondary N) is 1. The van der Waals surface area contributed by atoms with Crippen LogP contribution < -0.4 is 14.8 Å². The fourth-order valence-corrected chi connectivity index (χ4v) is 1.75. The summed E-state index contributed by atoms with van der Waals surface area (Å²) in [5.41, 5.74) is 0.275. The Labute approximate surface area is 120 Å². The summed E-state index contributed by atoms with van der Waals surface area (Å²) in [6.07, 6.45) is 2.61. The average molecular weight is 291 g/mol. The molecule has 0 saturated carbocycles. The fraction of sp³-hybridized carbons (Fsp3) is 0.143. The molecule has 0 aliphatic rings. The molecule has 0 spiro atoms. The minimum absolute atomic E-state index is 0.103. The molecule has 110 valence electrons. The van der Waals surface area contributed by atoms with Crippen LogP contribution in [0.1, 0.15) is 20.7 Å². The van der Waals surface area contributed by atoms with Gasteiger partial charge in [-0.1, -0.05) is 0 Å². The van der Waals surface area contributed by atoms with Gasteiger partial charge in [0.25, 0.3) is 5.91 Å². The van der Waals surface area contributed by atoms with Crippen molar-refractivity contribution in [3.05, 3.63) is 41.9 Å². The normalized spacial score (nSPS) is 10.0. The Morgan fingerprint density at radius 1 is 1.19 bits per heavy atom. The molecule has 7 nitrogen and oxygen atoms in total. The molecule has 1 heterocycles. The number of hydrogen-bond donors (Lipinski definition) is 2. The van der Waals surface area contributed by atoms with Gasteiger partial charge in [0.2, 0.25) is 0 Å². The standard InChI is InChI=1S/C14H13NO6/c1-19-11-5-9(14(17)18)10(6-12(11)20-2)15-13(16)8-3-4-21-7-8/h3-7H,1-2H3,(H,15,16)(H,17,18). The molecule has 7 heteroatoms. The number of methoxy groups -OCH3 is 2. The number of carbonyl (C=O) groups is 2. The van der Waals surface area contributed by atoms with Crippen molar-refractivity contribution in [1.82, 2.24) is 0 Å². The van der Waals surface area contributed by atoms with E-state index in [4.69, 9.17) is 13.9 Å². The predicted molar refractivity (Wildman–Crippen MR) is 73.2 cm³/mol. The maximum Gasteiger partial charge on any atom is 0.337 e.